The molecule has 0 N–H and O–H groups in total. The zero-order valence-corrected chi connectivity index (χ0v) is 16.3. The van der Waals surface area contributed by atoms with Gasteiger partial charge in [-0.1, -0.05) is 53.4 Å². The molecule has 0 aromatic rings. The van der Waals surface area contributed by atoms with E-state index < -0.39 is 13.2 Å². The van der Waals surface area contributed by atoms with Crippen LogP contribution in [0.15, 0.2) is 0 Å². The van der Waals surface area contributed by atoms with E-state index in [1.807, 2.05) is 0 Å². The van der Waals surface area contributed by atoms with Crippen LogP contribution in [0.4, 0.5) is 0 Å². The van der Waals surface area contributed by atoms with Crippen LogP contribution in [0.5, 0.6) is 0 Å². The van der Waals surface area contributed by atoms with E-state index in [1.165, 1.54) is 31.4 Å². The number of rotatable bonds is 10. The maximum absolute atomic E-state index is 7.34. The van der Waals surface area contributed by atoms with E-state index in [1.54, 1.807) is 0 Å². The minimum Gasteiger partial charge on any atom is -0.350 e. The van der Waals surface area contributed by atoms with E-state index in [0.717, 1.165) is 38.9 Å². The molecule has 0 aromatic heterocycles. The zero-order valence-electron chi connectivity index (χ0n) is 14.5. The Hall–Kier alpha value is 0.427. The first-order valence-corrected chi connectivity index (χ1v) is 12.6. The average molecular weight is 335 g/mol. The SMILES string of the molecule is CCCC[Si](Cl)(CCC)C(CCC)C1(CC)OCCCO1. The van der Waals surface area contributed by atoms with Crippen LogP contribution in [0.3, 0.4) is 0 Å². The fourth-order valence-electron chi connectivity index (χ4n) is 3.76. The number of ether oxygens (including phenoxy) is 2. The Bertz CT molecular complexity index is 282. The molecule has 21 heavy (non-hydrogen) atoms. The molecule has 1 rings (SSSR count). The highest BCUT2D eigenvalue weighted by Gasteiger charge is 2.52. The highest BCUT2D eigenvalue weighted by atomic mass is 35.6. The predicted octanol–water partition coefficient (Wildman–Crippen LogP) is 6.09. The molecule has 0 spiro atoms. The van der Waals surface area contributed by atoms with Gasteiger partial charge in [-0.15, -0.1) is 0 Å². The topological polar surface area (TPSA) is 18.5 Å². The maximum Gasteiger partial charge on any atom is 0.169 e. The van der Waals surface area contributed by atoms with E-state index in [2.05, 4.69) is 27.7 Å². The van der Waals surface area contributed by atoms with Gasteiger partial charge in [0.25, 0.3) is 0 Å². The Kier molecular flexibility index (Phi) is 8.85. The molecule has 1 heterocycles. The standard InChI is InChI=1S/C17H35ClO2Si/c1-5-9-15-21(18,14-7-3)16(11-6-2)17(8-4)19-12-10-13-20-17/h16H,5-15H2,1-4H3. The molecule has 1 saturated heterocycles. The molecule has 1 fully saturated rings. The predicted molar refractivity (Wildman–Crippen MR) is 94.6 cm³/mol. The fraction of sp³-hybridized carbons (Fsp3) is 1.00. The normalized spacial score (nSPS) is 22.7. The molecule has 1 aliphatic rings. The summed E-state index contributed by atoms with van der Waals surface area (Å²) in [5.74, 6) is -0.398. The van der Waals surface area contributed by atoms with Crippen molar-refractivity contribution in [3.63, 3.8) is 0 Å². The average Bonchev–Trinajstić information content (AvgIpc) is 2.51. The lowest BCUT2D eigenvalue weighted by Gasteiger charge is -2.48. The molecule has 0 bridgehead atoms. The first-order valence-electron chi connectivity index (χ1n) is 9.05. The van der Waals surface area contributed by atoms with Crippen LogP contribution in [0.2, 0.25) is 17.6 Å². The summed E-state index contributed by atoms with van der Waals surface area (Å²) in [4.78, 5) is 0. The second-order valence-corrected chi connectivity index (χ2v) is 12.5. The Morgan fingerprint density at radius 2 is 1.67 bits per heavy atom. The second kappa shape index (κ2) is 9.54. The van der Waals surface area contributed by atoms with Gasteiger partial charge in [0.15, 0.2) is 13.2 Å². The smallest absolute Gasteiger partial charge is 0.169 e. The summed E-state index contributed by atoms with van der Waals surface area (Å²) >= 11 is 7.34. The molecule has 2 unspecified atom stereocenters. The summed E-state index contributed by atoms with van der Waals surface area (Å²) < 4.78 is 12.5. The second-order valence-electron chi connectivity index (χ2n) is 6.45. The van der Waals surface area contributed by atoms with E-state index >= 15 is 0 Å². The lowest BCUT2D eigenvalue weighted by Crippen LogP contribution is -2.53. The number of hydrogen-bond donors (Lipinski definition) is 0. The number of unbranched alkanes of at least 4 members (excludes halogenated alkanes) is 1. The highest BCUT2D eigenvalue weighted by Crippen LogP contribution is 2.50. The molecule has 0 saturated carbocycles. The van der Waals surface area contributed by atoms with Gasteiger partial charge in [0.2, 0.25) is 0 Å². The highest BCUT2D eigenvalue weighted by molar-refractivity contribution is 7.21. The molecule has 0 radical (unpaired) electrons. The van der Waals surface area contributed by atoms with Crippen LogP contribution in [0.25, 0.3) is 0 Å². The van der Waals surface area contributed by atoms with E-state index in [4.69, 9.17) is 20.6 Å². The first-order chi connectivity index (χ1) is 10.1. The molecule has 2 atom stereocenters. The van der Waals surface area contributed by atoms with Crippen molar-refractivity contribution in [1.29, 1.82) is 0 Å². The van der Waals surface area contributed by atoms with Crippen LogP contribution in [-0.2, 0) is 9.47 Å². The van der Waals surface area contributed by atoms with E-state index in [0.29, 0.717) is 5.54 Å². The van der Waals surface area contributed by atoms with Gasteiger partial charge in [0, 0.05) is 5.54 Å². The van der Waals surface area contributed by atoms with Gasteiger partial charge in [-0.2, -0.15) is 11.1 Å². The number of hydrogen-bond acceptors (Lipinski definition) is 2. The lowest BCUT2D eigenvalue weighted by atomic mass is 10.0. The summed E-state index contributed by atoms with van der Waals surface area (Å²) in [5, 5.41) is 0. The summed E-state index contributed by atoms with van der Waals surface area (Å²) in [5.41, 5.74) is 0.425. The van der Waals surface area contributed by atoms with Gasteiger partial charge in [0.05, 0.1) is 13.2 Å². The van der Waals surface area contributed by atoms with Crippen molar-refractivity contribution >= 4 is 18.5 Å². The summed E-state index contributed by atoms with van der Waals surface area (Å²) in [6.45, 7) is 10.6. The van der Waals surface area contributed by atoms with Gasteiger partial charge in [-0.3, -0.25) is 0 Å². The Morgan fingerprint density at radius 1 is 1.00 bits per heavy atom. The fourth-order valence-corrected chi connectivity index (χ4v) is 10.2. The summed E-state index contributed by atoms with van der Waals surface area (Å²) in [6.07, 6.45) is 7.90. The van der Waals surface area contributed by atoms with Crippen LogP contribution in [0, 0.1) is 0 Å². The van der Waals surface area contributed by atoms with Crippen molar-refractivity contribution in [3.05, 3.63) is 0 Å². The zero-order chi connectivity index (χ0) is 15.8. The first kappa shape index (κ1) is 19.5. The minimum absolute atomic E-state index is 0.398. The van der Waals surface area contributed by atoms with Gasteiger partial charge < -0.3 is 9.47 Å². The van der Waals surface area contributed by atoms with E-state index in [9.17, 15) is 0 Å². The molecular weight excluding hydrogens is 300 g/mol. The molecule has 0 aliphatic carbocycles. The van der Waals surface area contributed by atoms with Crippen molar-refractivity contribution in [1.82, 2.24) is 0 Å². The van der Waals surface area contributed by atoms with Crippen LogP contribution < -0.4 is 0 Å². The Balaban J connectivity index is 3.02. The Labute approximate surface area is 137 Å². The Morgan fingerprint density at radius 3 is 2.14 bits per heavy atom. The molecule has 0 aromatic carbocycles. The third-order valence-electron chi connectivity index (χ3n) is 4.82. The minimum atomic E-state index is -1.88. The molecule has 4 heteroatoms. The molecular formula is C17H35ClO2Si. The maximum atomic E-state index is 7.34. The van der Waals surface area contributed by atoms with Crippen LogP contribution in [0.1, 0.15) is 72.6 Å². The van der Waals surface area contributed by atoms with Gasteiger partial charge in [-0.05, 0) is 31.4 Å². The number of halogens is 1. The third kappa shape index (κ3) is 4.95. The van der Waals surface area contributed by atoms with Crippen molar-refractivity contribution in [2.24, 2.45) is 0 Å². The van der Waals surface area contributed by atoms with E-state index in [-0.39, 0.29) is 0 Å². The molecule has 1 aliphatic heterocycles. The van der Waals surface area contributed by atoms with Crippen molar-refractivity contribution in [3.8, 4) is 0 Å². The molecule has 0 amide bonds. The largest absolute Gasteiger partial charge is 0.350 e. The summed E-state index contributed by atoms with van der Waals surface area (Å²) in [6, 6.07) is 2.39. The van der Waals surface area contributed by atoms with Crippen molar-refractivity contribution < 1.29 is 9.47 Å². The lowest BCUT2D eigenvalue weighted by molar-refractivity contribution is -0.272. The van der Waals surface area contributed by atoms with Gasteiger partial charge in [-0.25, -0.2) is 0 Å². The van der Waals surface area contributed by atoms with Crippen molar-refractivity contribution in [2.75, 3.05) is 13.2 Å². The monoisotopic (exact) mass is 334 g/mol. The quantitative estimate of drug-likeness (QED) is 0.355. The van der Waals surface area contributed by atoms with Crippen LogP contribution in [-0.4, -0.2) is 26.4 Å². The molecule has 126 valence electrons. The van der Waals surface area contributed by atoms with Gasteiger partial charge >= 0.3 is 0 Å². The van der Waals surface area contributed by atoms with Gasteiger partial charge in [0.1, 0.15) is 0 Å². The van der Waals surface area contributed by atoms with Crippen LogP contribution >= 0.6 is 11.1 Å². The summed E-state index contributed by atoms with van der Waals surface area (Å²) in [7, 11) is -1.88. The van der Waals surface area contributed by atoms with Crippen molar-refractivity contribution in [2.45, 2.75) is 96.1 Å². The molecule has 2 nitrogen and oxygen atoms in total. The third-order valence-corrected chi connectivity index (χ3v) is 11.2.